The molecule has 0 aliphatic heterocycles. The van der Waals surface area contributed by atoms with Crippen LogP contribution in [0.1, 0.15) is 10.7 Å². The van der Waals surface area contributed by atoms with Crippen molar-refractivity contribution in [1.82, 2.24) is 9.55 Å². The van der Waals surface area contributed by atoms with Crippen molar-refractivity contribution in [2.24, 2.45) is 0 Å². The first-order valence-corrected chi connectivity index (χ1v) is 6.92. The molecule has 0 fully saturated rings. The summed E-state index contributed by atoms with van der Waals surface area (Å²) in [7, 11) is 0. The topological polar surface area (TPSA) is 17.8 Å². The van der Waals surface area contributed by atoms with Crippen LogP contribution in [0.4, 0.5) is 4.39 Å². The molecule has 0 saturated carbocycles. The monoisotopic (exact) mass is 280 g/mol. The lowest BCUT2D eigenvalue weighted by molar-refractivity contribution is 0.628. The molecule has 0 spiro atoms. The molecule has 0 aliphatic carbocycles. The van der Waals surface area contributed by atoms with E-state index in [1.165, 1.54) is 17.0 Å². The second-order valence-electron chi connectivity index (χ2n) is 3.96. The molecule has 92 valence electrons. The minimum Gasteiger partial charge on any atom is -0.322 e. The Hall–Kier alpha value is -1.39. The Kier molecular flexibility index (Phi) is 3.06. The fourth-order valence-corrected chi connectivity index (χ4v) is 2.88. The van der Waals surface area contributed by atoms with Gasteiger partial charge in [0.05, 0.1) is 23.5 Å². The third-order valence-electron chi connectivity index (χ3n) is 2.80. The van der Waals surface area contributed by atoms with Crippen LogP contribution in [0.5, 0.6) is 0 Å². The van der Waals surface area contributed by atoms with E-state index in [0.29, 0.717) is 12.4 Å². The maximum absolute atomic E-state index is 13.3. The molecule has 0 bridgehead atoms. The Morgan fingerprint density at radius 2 is 2.22 bits per heavy atom. The molecule has 0 radical (unpaired) electrons. The fraction of sp³-hybridized carbons (Fsp3) is 0.154. The highest BCUT2D eigenvalue weighted by atomic mass is 35.5. The van der Waals surface area contributed by atoms with E-state index in [0.717, 1.165) is 16.9 Å². The van der Waals surface area contributed by atoms with Crippen molar-refractivity contribution in [1.29, 1.82) is 0 Å². The number of benzene rings is 1. The molecule has 18 heavy (non-hydrogen) atoms. The normalized spacial score (nSPS) is 11.2. The van der Waals surface area contributed by atoms with Gasteiger partial charge in [-0.15, -0.1) is 22.9 Å². The molecule has 0 atom stereocenters. The number of nitrogens with zero attached hydrogens (tertiary/aromatic N) is 2. The molecule has 3 aromatic rings. The largest absolute Gasteiger partial charge is 0.322 e. The SMILES string of the molecule is Fc1ccc2nc(CCl)n(Cc3cccs3)c2c1. The first kappa shape index (κ1) is 11.7. The molecule has 0 N–H and O–H groups in total. The average Bonchev–Trinajstić information content (AvgIpc) is 2.98. The number of thiophene rings is 1. The Bertz CT molecular complexity index is 676. The molecule has 3 rings (SSSR count). The van der Waals surface area contributed by atoms with Gasteiger partial charge in [-0.25, -0.2) is 9.37 Å². The summed E-state index contributed by atoms with van der Waals surface area (Å²) in [6.45, 7) is 0.680. The van der Waals surface area contributed by atoms with Gasteiger partial charge in [-0.2, -0.15) is 0 Å². The van der Waals surface area contributed by atoms with Gasteiger partial charge in [-0.05, 0) is 29.6 Å². The van der Waals surface area contributed by atoms with E-state index < -0.39 is 0 Å². The minimum atomic E-state index is -0.254. The third kappa shape index (κ3) is 2.02. The fourth-order valence-electron chi connectivity index (χ4n) is 1.98. The zero-order valence-electron chi connectivity index (χ0n) is 9.44. The molecular formula is C13H10ClFN2S. The molecule has 5 heteroatoms. The van der Waals surface area contributed by atoms with Gasteiger partial charge in [0.25, 0.3) is 0 Å². The summed E-state index contributed by atoms with van der Waals surface area (Å²) < 4.78 is 15.3. The van der Waals surface area contributed by atoms with Crippen LogP contribution in [0.15, 0.2) is 35.7 Å². The van der Waals surface area contributed by atoms with Crippen molar-refractivity contribution in [3.8, 4) is 0 Å². The molecular weight excluding hydrogens is 271 g/mol. The first-order chi connectivity index (χ1) is 8.78. The number of rotatable bonds is 3. The molecule has 0 saturated heterocycles. The van der Waals surface area contributed by atoms with E-state index >= 15 is 0 Å². The van der Waals surface area contributed by atoms with Crippen LogP contribution < -0.4 is 0 Å². The summed E-state index contributed by atoms with van der Waals surface area (Å²) in [6, 6.07) is 8.66. The summed E-state index contributed by atoms with van der Waals surface area (Å²) in [5.41, 5.74) is 1.57. The van der Waals surface area contributed by atoms with Gasteiger partial charge in [0.15, 0.2) is 0 Å². The van der Waals surface area contributed by atoms with Crippen LogP contribution in [0.2, 0.25) is 0 Å². The number of imidazole rings is 1. The molecule has 1 aromatic carbocycles. The lowest BCUT2D eigenvalue weighted by Crippen LogP contribution is -2.02. The van der Waals surface area contributed by atoms with Crippen molar-refractivity contribution >= 4 is 34.0 Å². The van der Waals surface area contributed by atoms with Gasteiger partial charge in [0.1, 0.15) is 11.6 Å². The smallest absolute Gasteiger partial charge is 0.125 e. The Labute approximate surface area is 113 Å². The van der Waals surface area contributed by atoms with Gasteiger partial charge in [-0.1, -0.05) is 6.07 Å². The van der Waals surface area contributed by atoms with Crippen LogP contribution in [0.3, 0.4) is 0 Å². The Balaban J connectivity index is 2.15. The van der Waals surface area contributed by atoms with E-state index in [9.17, 15) is 4.39 Å². The van der Waals surface area contributed by atoms with Gasteiger partial charge in [0.2, 0.25) is 0 Å². The maximum Gasteiger partial charge on any atom is 0.125 e. The van der Waals surface area contributed by atoms with Crippen molar-refractivity contribution < 1.29 is 4.39 Å². The summed E-state index contributed by atoms with van der Waals surface area (Å²) in [5, 5.41) is 2.02. The number of hydrogen-bond acceptors (Lipinski definition) is 2. The maximum atomic E-state index is 13.3. The summed E-state index contributed by atoms with van der Waals surface area (Å²) in [5.74, 6) is 0.836. The van der Waals surface area contributed by atoms with E-state index in [-0.39, 0.29) is 5.82 Å². The van der Waals surface area contributed by atoms with Crippen LogP contribution >= 0.6 is 22.9 Å². The third-order valence-corrected chi connectivity index (χ3v) is 3.90. The number of halogens is 2. The zero-order valence-corrected chi connectivity index (χ0v) is 11.0. The van der Waals surface area contributed by atoms with Gasteiger partial charge in [0, 0.05) is 4.88 Å². The van der Waals surface area contributed by atoms with Crippen molar-refractivity contribution in [2.45, 2.75) is 12.4 Å². The lowest BCUT2D eigenvalue weighted by Gasteiger charge is -2.05. The molecule has 0 aliphatic rings. The lowest BCUT2D eigenvalue weighted by atomic mass is 10.3. The van der Waals surface area contributed by atoms with E-state index in [1.54, 1.807) is 17.4 Å². The van der Waals surface area contributed by atoms with Gasteiger partial charge < -0.3 is 4.57 Å². The predicted octanol–water partition coefficient (Wildman–Crippen LogP) is 4.02. The van der Waals surface area contributed by atoms with Crippen LogP contribution in [0, 0.1) is 5.82 Å². The number of alkyl halides is 1. The predicted molar refractivity (Wildman–Crippen MR) is 72.7 cm³/mol. The number of fused-ring (bicyclic) bond motifs is 1. The number of aromatic nitrogens is 2. The Morgan fingerprint density at radius 1 is 1.33 bits per heavy atom. The molecule has 2 nitrogen and oxygen atoms in total. The molecule has 0 unspecified atom stereocenters. The van der Waals surface area contributed by atoms with Gasteiger partial charge in [-0.3, -0.25) is 0 Å². The van der Waals surface area contributed by atoms with Gasteiger partial charge >= 0.3 is 0 Å². The summed E-state index contributed by atoms with van der Waals surface area (Å²) in [4.78, 5) is 5.62. The molecule has 0 amide bonds. The van der Waals surface area contributed by atoms with E-state index in [1.807, 2.05) is 22.1 Å². The van der Waals surface area contributed by atoms with E-state index in [4.69, 9.17) is 11.6 Å². The van der Waals surface area contributed by atoms with Crippen LogP contribution in [0.25, 0.3) is 11.0 Å². The molecule has 2 heterocycles. The van der Waals surface area contributed by atoms with Crippen molar-refractivity contribution in [2.75, 3.05) is 0 Å². The number of hydrogen-bond donors (Lipinski definition) is 0. The van der Waals surface area contributed by atoms with Crippen LogP contribution in [-0.2, 0) is 12.4 Å². The second kappa shape index (κ2) is 4.71. The van der Waals surface area contributed by atoms with E-state index in [2.05, 4.69) is 4.98 Å². The summed E-state index contributed by atoms with van der Waals surface area (Å²) >= 11 is 7.58. The quantitative estimate of drug-likeness (QED) is 0.663. The zero-order chi connectivity index (χ0) is 12.5. The second-order valence-corrected chi connectivity index (χ2v) is 5.26. The highest BCUT2D eigenvalue weighted by Crippen LogP contribution is 2.21. The Morgan fingerprint density at radius 3 is 2.94 bits per heavy atom. The van der Waals surface area contributed by atoms with Crippen molar-refractivity contribution in [3.63, 3.8) is 0 Å². The standard InChI is InChI=1S/C13H10ClFN2S/c14-7-13-16-11-4-3-9(15)6-12(11)17(13)8-10-2-1-5-18-10/h1-6H,7-8H2. The minimum absolute atomic E-state index is 0.254. The highest BCUT2D eigenvalue weighted by Gasteiger charge is 2.11. The average molecular weight is 281 g/mol. The van der Waals surface area contributed by atoms with Crippen molar-refractivity contribution in [3.05, 3.63) is 52.2 Å². The summed E-state index contributed by atoms with van der Waals surface area (Å²) in [6.07, 6.45) is 0. The first-order valence-electron chi connectivity index (χ1n) is 5.51. The molecule has 2 aromatic heterocycles. The highest BCUT2D eigenvalue weighted by molar-refractivity contribution is 7.09. The van der Waals surface area contributed by atoms with Crippen LogP contribution in [-0.4, -0.2) is 9.55 Å².